The Hall–Kier alpha value is -2.61. The van der Waals surface area contributed by atoms with E-state index in [1.165, 1.54) is 14.2 Å². The molecule has 2 atom stereocenters. The number of carbonyl (C=O) groups excluding carboxylic acids is 1. The van der Waals surface area contributed by atoms with Crippen LogP contribution in [0.2, 0.25) is 0 Å². The van der Waals surface area contributed by atoms with Gasteiger partial charge in [-0.3, -0.25) is 4.79 Å². The summed E-state index contributed by atoms with van der Waals surface area (Å²) >= 11 is 0. The second kappa shape index (κ2) is 8.85. The van der Waals surface area contributed by atoms with E-state index in [2.05, 4.69) is 0 Å². The van der Waals surface area contributed by atoms with Gasteiger partial charge in [-0.1, -0.05) is 12.1 Å². The molecule has 1 aliphatic heterocycles. The minimum atomic E-state index is -0.547. The van der Waals surface area contributed by atoms with Gasteiger partial charge in [0.25, 0.3) is 0 Å². The van der Waals surface area contributed by atoms with Gasteiger partial charge in [-0.15, -0.1) is 0 Å². The van der Waals surface area contributed by atoms with Crippen molar-refractivity contribution in [1.29, 1.82) is 0 Å². The lowest BCUT2D eigenvalue weighted by molar-refractivity contribution is 0.0455. The molecule has 2 aromatic carbocycles. The Morgan fingerprint density at radius 2 is 1.59 bits per heavy atom. The third-order valence-electron chi connectivity index (χ3n) is 4.09. The summed E-state index contributed by atoms with van der Waals surface area (Å²) in [6.45, 7) is 0.115. The summed E-state index contributed by atoms with van der Waals surface area (Å²) in [6, 6.07) is 12.4. The van der Waals surface area contributed by atoms with Gasteiger partial charge in [0.2, 0.25) is 0 Å². The van der Waals surface area contributed by atoms with Crippen molar-refractivity contribution in [3.05, 3.63) is 53.6 Å². The molecule has 0 unspecified atom stereocenters. The molecule has 27 heavy (non-hydrogen) atoms. The lowest BCUT2D eigenvalue weighted by Crippen LogP contribution is -2.12. The standard InChI is InChI=1S/C20H22O7/c1-22-11-25-15-8-9-16(17(10-15)26-12-23-2)18(21)20-19(27-20)13-4-6-14(24-3)7-5-13/h4-10,19-20H,11-12H2,1-3H3/t19-,20-/m0/s1. The van der Waals surface area contributed by atoms with Crippen LogP contribution >= 0.6 is 0 Å². The highest BCUT2D eigenvalue weighted by Crippen LogP contribution is 2.42. The summed E-state index contributed by atoms with van der Waals surface area (Å²) in [4.78, 5) is 12.9. The molecule has 0 N–H and O–H groups in total. The van der Waals surface area contributed by atoms with Crippen molar-refractivity contribution in [3.63, 3.8) is 0 Å². The van der Waals surface area contributed by atoms with E-state index < -0.39 is 6.10 Å². The lowest BCUT2D eigenvalue weighted by Gasteiger charge is -2.12. The van der Waals surface area contributed by atoms with Crippen molar-refractivity contribution < 1.29 is 33.2 Å². The van der Waals surface area contributed by atoms with E-state index in [0.717, 1.165) is 11.3 Å². The molecular formula is C20H22O7. The zero-order valence-electron chi connectivity index (χ0n) is 15.5. The van der Waals surface area contributed by atoms with Crippen LogP contribution in [0.4, 0.5) is 0 Å². The molecule has 0 aliphatic carbocycles. The SMILES string of the molecule is COCOc1ccc(C(=O)[C@@H]2O[C@H]2c2ccc(OC)cc2)c(OCOC)c1. The molecule has 0 amide bonds. The molecule has 0 aromatic heterocycles. The monoisotopic (exact) mass is 374 g/mol. The van der Waals surface area contributed by atoms with E-state index in [1.807, 2.05) is 24.3 Å². The smallest absolute Gasteiger partial charge is 0.198 e. The minimum Gasteiger partial charge on any atom is -0.497 e. The highest BCUT2D eigenvalue weighted by Gasteiger charge is 2.47. The zero-order valence-corrected chi connectivity index (χ0v) is 15.5. The number of rotatable bonds is 10. The maximum atomic E-state index is 12.9. The van der Waals surface area contributed by atoms with E-state index in [-0.39, 0.29) is 25.5 Å². The fourth-order valence-electron chi connectivity index (χ4n) is 2.68. The van der Waals surface area contributed by atoms with Crippen LogP contribution in [0.3, 0.4) is 0 Å². The van der Waals surface area contributed by atoms with Crippen molar-refractivity contribution in [2.75, 3.05) is 34.9 Å². The van der Waals surface area contributed by atoms with Crippen molar-refractivity contribution in [1.82, 2.24) is 0 Å². The van der Waals surface area contributed by atoms with Gasteiger partial charge in [-0.2, -0.15) is 0 Å². The first-order chi connectivity index (χ1) is 13.2. The largest absolute Gasteiger partial charge is 0.497 e. The Morgan fingerprint density at radius 1 is 0.926 bits per heavy atom. The zero-order chi connectivity index (χ0) is 19.2. The Bertz CT molecular complexity index is 772. The maximum absolute atomic E-state index is 12.9. The number of hydrogen-bond acceptors (Lipinski definition) is 7. The van der Waals surface area contributed by atoms with Crippen LogP contribution in [0.5, 0.6) is 17.2 Å². The molecule has 1 saturated heterocycles. The van der Waals surface area contributed by atoms with Gasteiger partial charge >= 0.3 is 0 Å². The number of hydrogen-bond donors (Lipinski definition) is 0. The minimum absolute atomic E-state index is 0.0153. The van der Waals surface area contributed by atoms with Crippen molar-refractivity contribution in [3.8, 4) is 17.2 Å². The quantitative estimate of drug-likeness (QED) is 0.359. The molecule has 1 fully saturated rings. The number of carbonyl (C=O) groups is 1. The fourth-order valence-corrected chi connectivity index (χ4v) is 2.68. The maximum Gasteiger partial charge on any atom is 0.198 e. The Kier molecular flexibility index (Phi) is 6.28. The van der Waals surface area contributed by atoms with Gasteiger partial charge in [0.15, 0.2) is 25.5 Å². The summed E-state index contributed by atoms with van der Waals surface area (Å²) in [7, 11) is 4.65. The predicted molar refractivity (Wildman–Crippen MR) is 96.4 cm³/mol. The third-order valence-corrected chi connectivity index (χ3v) is 4.09. The topological polar surface area (TPSA) is 75.8 Å². The average molecular weight is 374 g/mol. The number of methoxy groups -OCH3 is 3. The second-order valence-electron chi connectivity index (χ2n) is 5.87. The number of ether oxygens (including phenoxy) is 6. The van der Waals surface area contributed by atoms with Gasteiger partial charge in [0.1, 0.15) is 23.4 Å². The first-order valence-electron chi connectivity index (χ1n) is 8.39. The molecule has 7 nitrogen and oxygen atoms in total. The highest BCUT2D eigenvalue weighted by molar-refractivity contribution is 6.03. The highest BCUT2D eigenvalue weighted by atomic mass is 16.7. The van der Waals surface area contributed by atoms with E-state index in [4.69, 9.17) is 28.4 Å². The van der Waals surface area contributed by atoms with Crippen LogP contribution in [0, 0.1) is 0 Å². The van der Waals surface area contributed by atoms with Crippen molar-refractivity contribution >= 4 is 5.78 Å². The van der Waals surface area contributed by atoms with Crippen molar-refractivity contribution in [2.24, 2.45) is 0 Å². The Morgan fingerprint density at radius 3 is 2.26 bits per heavy atom. The van der Waals surface area contributed by atoms with Crippen LogP contribution in [0.1, 0.15) is 22.0 Å². The lowest BCUT2D eigenvalue weighted by atomic mass is 10.0. The third kappa shape index (κ3) is 4.57. The van der Waals surface area contributed by atoms with Crippen LogP contribution in [0.25, 0.3) is 0 Å². The summed E-state index contributed by atoms with van der Waals surface area (Å²) in [6.07, 6.45) is -0.822. The molecule has 3 rings (SSSR count). The first-order valence-corrected chi connectivity index (χ1v) is 8.39. The molecule has 144 valence electrons. The average Bonchev–Trinajstić information content (AvgIpc) is 3.51. The first kappa shape index (κ1) is 19.2. The van der Waals surface area contributed by atoms with Crippen LogP contribution in [0.15, 0.2) is 42.5 Å². The van der Waals surface area contributed by atoms with Crippen LogP contribution in [-0.2, 0) is 14.2 Å². The van der Waals surface area contributed by atoms with Crippen molar-refractivity contribution in [2.45, 2.75) is 12.2 Å². The molecule has 0 bridgehead atoms. The molecule has 1 heterocycles. The number of benzene rings is 2. The van der Waals surface area contributed by atoms with Gasteiger partial charge in [0, 0.05) is 20.3 Å². The summed E-state index contributed by atoms with van der Waals surface area (Å²) in [5.41, 5.74) is 1.34. The van der Waals surface area contributed by atoms with Gasteiger partial charge < -0.3 is 28.4 Å². The van der Waals surface area contributed by atoms with Crippen LogP contribution < -0.4 is 14.2 Å². The van der Waals surface area contributed by atoms with E-state index in [0.29, 0.717) is 17.1 Å². The van der Waals surface area contributed by atoms with E-state index in [9.17, 15) is 4.79 Å². The Balaban J connectivity index is 1.75. The number of epoxide rings is 1. The Labute approximate surface area is 157 Å². The predicted octanol–water partition coefficient (Wildman–Crippen LogP) is 2.98. The molecule has 1 aliphatic rings. The van der Waals surface area contributed by atoms with E-state index >= 15 is 0 Å². The van der Waals surface area contributed by atoms with Crippen LogP contribution in [-0.4, -0.2) is 46.8 Å². The molecule has 7 heteroatoms. The summed E-state index contributed by atoms with van der Waals surface area (Å²) in [5.74, 6) is 1.51. The molecule has 0 radical (unpaired) electrons. The van der Waals surface area contributed by atoms with Gasteiger partial charge in [0.05, 0.1) is 12.7 Å². The summed E-state index contributed by atoms with van der Waals surface area (Å²) in [5, 5.41) is 0. The van der Waals surface area contributed by atoms with Gasteiger partial charge in [-0.25, -0.2) is 0 Å². The normalized spacial score (nSPS) is 18.0. The molecule has 0 saturated carbocycles. The molecule has 0 spiro atoms. The second-order valence-corrected chi connectivity index (χ2v) is 5.87. The summed E-state index contributed by atoms with van der Waals surface area (Å²) < 4.78 is 31.5. The molecular weight excluding hydrogens is 352 g/mol. The van der Waals surface area contributed by atoms with E-state index in [1.54, 1.807) is 25.3 Å². The van der Waals surface area contributed by atoms with Gasteiger partial charge in [-0.05, 0) is 29.8 Å². The number of Topliss-reactive ketones (excluding diaryl/α,β-unsaturated/α-hetero) is 1. The molecule has 2 aromatic rings. The fraction of sp³-hybridized carbons (Fsp3) is 0.350. The number of ketones is 1.